The van der Waals surface area contributed by atoms with Gasteiger partial charge in [-0.1, -0.05) is 30.3 Å². The molecule has 1 heterocycles. The van der Waals surface area contributed by atoms with Gasteiger partial charge in [0.1, 0.15) is 17.6 Å². The molecule has 27 heavy (non-hydrogen) atoms. The molecule has 134 valence electrons. The lowest BCUT2D eigenvalue weighted by molar-refractivity contribution is 0.482. The Morgan fingerprint density at radius 1 is 1.04 bits per heavy atom. The van der Waals surface area contributed by atoms with Crippen molar-refractivity contribution < 1.29 is 4.74 Å². The average molecular weight is 358 g/mol. The lowest BCUT2D eigenvalue weighted by Gasteiger charge is -2.11. The third-order valence-corrected chi connectivity index (χ3v) is 3.55. The minimum atomic E-state index is 0.0611. The molecule has 3 aromatic rings. The second-order valence-corrected chi connectivity index (χ2v) is 5.87. The van der Waals surface area contributed by atoms with E-state index in [1.54, 1.807) is 25.1 Å². The second kappa shape index (κ2) is 7.97. The number of ether oxygens (including phenoxy) is 1. The third kappa shape index (κ3) is 4.58. The van der Waals surface area contributed by atoms with Gasteiger partial charge in [0.15, 0.2) is 5.82 Å². The Bertz CT molecular complexity index is 1010. The van der Waals surface area contributed by atoms with Crippen LogP contribution in [0.2, 0.25) is 0 Å². The summed E-state index contributed by atoms with van der Waals surface area (Å²) in [5, 5.41) is 9.56. The zero-order chi connectivity index (χ0) is 19.2. The maximum atomic E-state index is 9.56. The molecule has 0 atom stereocenters. The molecule has 0 aliphatic heterocycles. The summed E-state index contributed by atoms with van der Waals surface area (Å²) in [4.78, 5) is 14.1. The van der Waals surface area contributed by atoms with E-state index in [0.717, 1.165) is 11.3 Å². The first-order chi connectivity index (χ1) is 13.0. The fraction of sp³-hybridized carbons (Fsp3) is 0.100. The van der Waals surface area contributed by atoms with Crippen molar-refractivity contribution in [1.82, 2.24) is 15.0 Å². The standard InChI is InChI=1S/C20H18N6O/c1-26(2)20-24-18(23-19(22)25-20)15(13-21)11-14-7-6-10-17(12-14)27-16-8-4-3-5-9-16/h3-12H,1-2H3,(H2,22,23,24,25)/b15-11+. The van der Waals surface area contributed by atoms with Crippen LogP contribution in [0.5, 0.6) is 11.5 Å². The number of benzene rings is 2. The van der Waals surface area contributed by atoms with Crippen molar-refractivity contribution in [3.8, 4) is 17.6 Å². The molecule has 2 N–H and O–H groups in total. The molecular weight excluding hydrogens is 340 g/mol. The molecule has 0 radical (unpaired) electrons. The van der Waals surface area contributed by atoms with E-state index in [4.69, 9.17) is 10.5 Å². The highest BCUT2D eigenvalue weighted by Gasteiger charge is 2.11. The number of nitrogens with two attached hydrogens (primary N) is 1. The lowest BCUT2D eigenvalue weighted by Crippen LogP contribution is -2.15. The number of hydrogen-bond donors (Lipinski definition) is 1. The summed E-state index contributed by atoms with van der Waals surface area (Å²) in [6.07, 6.45) is 1.69. The molecule has 0 fully saturated rings. The summed E-state index contributed by atoms with van der Waals surface area (Å²) >= 11 is 0. The Kier molecular flexibility index (Phi) is 5.28. The van der Waals surface area contributed by atoms with E-state index in [-0.39, 0.29) is 17.3 Å². The molecule has 1 aromatic heterocycles. The van der Waals surface area contributed by atoms with Crippen LogP contribution in [0.15, 0.2) is 54.6 Å². The Morgan fingerprint density at radius 2 is 1.78 bits per heavy atom. The van der Waals surface area contributed by atoms with Crippen molar-refractivity contribution in [1.29, 1.82) is 5.26 Å². The number of para-hydroxylation sites is 1. The van der Waals surface area contributed by atoms with Gasteiger partial charge in [0.2, 0.25) is 11.9 Å². The van der Waals surface area contributed by atoms with Crippen molar-refractivity contribution in [3.63, 3.8) is 0 Å². The van der Waals surface area contributed by atoms with E-state index in [2.05, 4.69) is 21.0 Å². The second-order valence-electron chi connectivity index (χ2n) is 5.87. The van der Waals surface area contributed by atoms with Crippen molar-refractivity contribution >= 4 is 23.5 Å². The van der Waals surface area contributed by atoms with Crippen LogP contribution >= 0.6 is 0 Å². The number of nitrogen functional groups attached to an aromatic ring is 1. The molecule has 0 bridgehead atoms. The molecule has 0 amide bonds. The van der Waals surface area contributed by atoms with Crippen molar-refractivity contribution in [2.75, 3.05) is 24.7 Å². The van der Waals surface area contributed by atoms with Gasteiger partial charge < -0.3 is 15.4 Å². The van der Waals surface area contributed by atoms with Crippen LogP contribution in [-0.4, -0.2) is 29.0 Å². The zero-order valence-electron chi connectivity index (χ0n) is 15.0. The van der Waals surface area contributed by atoms with Crippen LogP contribution in [0.3, 0.4) is 0 Å². The summed E-state index contributed by atoms with van der Waals surface area (Å²) in [7, 11) is 3.58. The van der Waals surface area contributed by atoms with Gasteiger partial charge in [-0.3, -0.25) is 0 Å². The van der Waals surface area contributed by atoms with E-state index < -0.39 is 0 Å². The predicted octanol–water partition coefficient (Wildman–Crippen LogP) is 3.38. The number of hydrogen-bond acceptors (Lipinski definition) is 7. The molecule has 7 nitrogen and oxygen atoms in total. The number of nitriles is 1. The van der Waals surface area contributed by atoms with E-state index in [9.17, 15) is 5.26 Å². The van der Waals surface area contributed by atoms with Gasteiger partial charge in [0.25, 0.3) is 0 Å². The quantitative estimate of drug-likeness (QED) is 0.698. The van der Waals surface area contributed by atoms with Crippen molar-refractivity contribution in [2.24, 2.45) is 0 Å². The SMILES string of the molecule is CN(C)c1nc(N)nc(/C(C#N)=C/c2cccc(Oc3ccccc3)c2)n1. The number of anilines is 2. The first kappa shape index (κ1) is 17.9. The van der Waals surface area contributed by atoms with E-state index in [0.29, 0.717) is 11.7 Å². The normalized spacial score (nSPS) is 10.9. The average Bonchev–Trinajstić information content (AvgIpc) is 2.66. The molecule has 0 aliphatic carbocycles. The molecule has 0 unspecified atom stereocenters. The van der Waals surface area contributed by atoms with Crippen molar-refractivity contribution in [2.45, 2.75) is 0 Å². The topological polar surface area (TPSA) is 101 Å². The van der Waals surface area contributed by atoms with Gasteiger partial charge in [0, 0.05) is 14.1 Å². The Labute approximate surface area is 157 Å². The first-order valence-electron chi connectivity index (χ1n) is 8.19. The first-order valence-corrected chi connectivity index (χ1v) is 8.19. The van der Waals surface area contributed by atoms with Gasteiger partial charge in [0.05, 0.1) is 5.57 Å². The van der Waals surface area contributed by atoms with Gasteiger partial charge in [-0.05, 0) is 35.9 Å². The van der Waals surface area contributed by atoms with Gasteiger partial charge in [-0.25, -0.2) is 0 Å². The van der Waals surface area contributed by atoms with Crippen LogP contribution in [0.25, 0.3) is 11.6 Å². The Balaban J connectivity index is 1.93. The minimum Gasteiger partial charge on any atom is -0.457 e. The smallest absolute Gasteiger partial charge is 0.230 e. The molecule has 0 saturated heterocycles. The van der Waals surface area contributed by atoms with E-state index in [1.807, 2.05) is 54.6 Å². The van der Waals surface area contributed by atoms with Crippen LogP contribution in [0.1, 0.15) is 11.4 Å². The molecule has 0 aliphatic rings. The van der Waals surface area contributed by atoms with Crippen molar-refractivity contribution in [3.05, 3.63) is 66.0 Å². The van der Waals surface area contributed by atoms with Gasteiger partial charge in [-0.15, -0.1) is 0 Å². The molecule has 0 saturated carbocycles. The molecular formula is C20H18N6O. The summed E-state index contributed by atoms with van der Waals surface area (Å²) in [6, 6.07) is 19.0. The largest absolute Gasteiger partial charge is 0.457 e. The molecule has 2 aromatic carbocycles. The van der Waals surface area contributed by atoms with Crippen LogP contribution in [0, 0.1) is 11.3 Å². The highest BCUT2D eigenvalue weighted by Crippen LogP contribution is 2.24. The van der Waals surface area contributed by atoms with Gasteiger partial charge >= 0.3 is 0 Å². The lowest BCUT2D eigenvalue weighted by atomic mass is 10.1. The maximum absolute atomic E-state index is 9.56. The monoisotopic (exact) mass is 358 g/mol. The highest BCUT2D eigenvalue weighted by atomic mass is 16.5. The van der Waals surface area contributed by atoms with Crippen LogP contribution in [-0.2, 0) is 0 Å². The molecule has 0 spiro atoms. The van der Waals surface area contributed by atoms with E-state index >= 15 is 0 Å². The summed E-state index contributed by atoms with van der Waals surface area (Å²) in [5.74, 6) is 2.07. The Morgan fingerprint density at radius 3 is 2.48 bits per heavy atom. The highest BCUT2D eigenvalue weighted by molar-refractivity contribution is 5.87. The van der Waals surface area contributed by atoms with Crippen LogP contribution < -0.4 is 15.4 Å². The molecule has 7 heteroatoms. The zero-order valence-corrected chi connectivity index (χ0v) is 15.0. The summed E-state index contributed by atoms with van der Waals surface area (Å²) < 4.78 is 5.83. The number of aromatic nitrogens is 3. The summed E-state index contributed by atoms with van der Waals surface area (Å²) in [5.41, 5.74) is 6.81. The third-order valence-electron chi connectivity index (χ3n) is 3.55. The number of allylic oxidation sites excluding steroid dienone is 1. The van der Waals surface area contributed by atoms with Gasteiger partial charge in [-0.2, -0.15) is 20.2 Å². The fourth-order valence-corrected chi connectivity index (χ4v) is 2.31. The van der Waals surface area contributed by atoms with E-state index in [1.165, 1.54) is 0 Å². The fourth-order valence-electron chi connectivity index (χ4n) is 2.31. The summed E-state index contributed by atoms with van der Waals surface area (Å²) in [6.45, 7) is 0. The Hall–Kier alpha value is -3.92. The molecule has 3 rings (SSSR count). The number of nitrogens with zero attached hydrogens (tertiary/aromatic N) is 5. The van der Waals surface area contributed by atoms with Crippen LogP contribution in [0.4, 0.5) is 11.9 Å². The predicted molar refractivity (Wildman–Crippen MR) is 105 cm³/mol. The minimum absolute atomic E-state index is 0.0611. The maximum Gasteiger partial charge on any atom is 0.230 e. The number of rotatable bonds is 5.